The molecule has 1 unspecified atom stereocenters. The van der Waals surface area contributed by atoms with Crippen molar-refractivity contribution in [1.82, 2.24) is 9.88 Å². The van der Waals surface area contributed by atoms with Crippen LogP contribution in [0.25, 0.3) is 10.9 Å². The summed E-state index contributed by atoms with van der Waals surface area (Å²) in [6.07, 6.45) is 6.71. The number of carbonyl (C=O) groups is 1. The molecule has 2 atom stereocenters. The molecule has 0 amide bonds. The second-order valence-corrected chi connectivity index (χ2v) is 9.48. The van der Waals surface area contributed by atoms with Gasteiger partial charge in [-0.05, 0) is 73.9 Å². The van der Waals surface area contributed by atoms with Crippen LogP contribution in [0.2, 0.25) is 0 Å². The Bertz CT molecular complexity index is 1130. The number of likely N-dealkylation sites (tertiary alicyclic amines) is 1. The number of piperidine rings is 1. The van der Waals surface area contributed by atoms with E-state index in [0.29, 0.717) is 5.56 Å². The van der Waals surface area contributed by atoms with E-state index in [0.717, 1.165) is 55.3 Å². The van der Waals surface area contributed by atoms with Gasteiger partial charge in [0.15, 0.2) is 0 Å². The van der Waals surface area contributed by atoms with Crippen molar-refractivity contribution in [3.8, 4) is 5.75 Å². The van der Waals surface area contributed by atoms with E-state index in [1.807, 2.05) is 18.3 Å². The molecule has 1 saturated carbocycles. The Morgan fingerprint density at radius 2 is 1.97 bits per heavy atom. The summed E-state index contributed by atoms with van der Waals surface area (Å²) < 4.78 is 12.1. The van der Waals surface area contributed by atoms with Gasteiger partial charge in [0.1, 0.15) is 5.75 Å². The van der Waals surface area contributed by atoms with Gasteiger partial charge >= 0.3 is 5.97 Å². The number of rotatable bonds is 8. The summed E-state index contributed by atoms with van der Waals surface area (Å²) in [5.74, 6) is 0.758. The van der Waals surface area contributed by atoms with Crippen molar-refractivity contribution < 1.29 is 19.4 Å². The zero-order chi connectivity index (χ0) is 22.9. The lowest BCUT2D eigenvalue weighted by atomic mass is 9.91. The fraction of sp³-hybridized carbons (Fsp3) is 0.444. The topological polar surface area (TPSA) is 74.8 Å². The highest BCUT2D eigenvalue weighted by molar-refractivity contribution is 5.88. The number of hydrogen-bond acceptors (Lipinski definition) is 4. The Labute approximate surface area is 194 Å². The first-order chi connectivity index (χ1) is 16.0. The van der Waals surface area contributed by atoms with Crippen LogP contribution in [0.3, 0.4) is 0 Å². The van der Waals surface area contributed by atoms with Crippen molar-refractivity contribution in [2.45, 2.75) is 51.3 Å². The van der Waals surface area contributed by atoms with Gasteiger partial charge in [-0.25, -0.2) is 4.79 Å². The summed E-state index contributed by atoms with van der Waals surface area (Å²) in [4.78, 5) is 17.2. The van der Waals surface area contributed by atoms with E-state index in [-0.39, 0.29) is 12.1 Å². The molecular formula is C27H32N2O4. The van der Waals surface area contributed by atoms with Crippen molar-refractivity contribution in [2.24, 2.45) is 5.92 Å². The Morgan fingerprint density at radius 1 is 1.18 bits per heavy atom. The summed E-state index contributed by atoms with van der Waals surface area (Å²) in [5, 5.41) is 10.5. The molecule has 1 aliphatic carbocycles. The first kappa shape index (κ1) is 22.0. The normalized spacial score (nSPS) is 21.4. The molecule has 6 heteroatoms. The smallest absolute Gasteiger partial charge is 0.335 e. The van der Waals surface area contributed by atoms with E-state index >= 15 is 0 Å². The van der Waals surface area contributed by atoms with Crippen LogP contribution in [0, 0.1) is 12.8 Å². The fourth-order valence-corrected chi connectivity index (χ4v) is 5.06. The largest absolute Gasteiger partial charge is 0.496 e. The minimum atomic E-state index is -0.896. The minimum absolute atomic E-state index is 0.158. The monoisotopic (exact) mass is 448 g/mol. The second kappa shape index (κ2) is 9.20. The van der Waals surface area contributed by atoms with Crippen LogP contribution in [0.5, 0.6) is 5.75 Å². The molecule has 6 nitrogen and oxygen atoms in total. The summed E-state index contributed by atoms with van der Waals surface area (Å²) in [5.41, 5.74) is 4.95. The van der Waals surface area contributed by atoms with Gasteiger partial charge in [0.05, 0.1) is 18.8 Å². The van der Waals surface area contributed by atoms with Crippen LogP contribution in [0.4, 0.5) is 0 Å². The zero-order valence-corrected chi connectivity index (χ0v) is 19.3. The van der Waals surface area contributed by atoms with Gasteiger partial charge in [-0.3, -0.25) is 4.90 Å². The number of carboxylic acid groups (broad SMARTS) is 1. The van der Waals surface area contributed by atoms with Crippen LogP contribution < -0.4 is 4.74 Å². The molecule has 33 heavy (non-hydrogen) atoms. The number of carboxylic acids is 1. The summed E-state index contributed by atoms with van der Waals surface area (Å²) in [6, 6.07) is 11.7. The molecule has 3 aromatic rings. The predicted molar refractivity (Wildman–Crippen MR) is 128 cm³/mol. The third-order valence-corrected chi connectivity index (χ3v) is 7.16. The lowest BCUT2D eigenvalue weighted by Crippen LogP contribution is -2.39. The predicted octanol–water partition coefficient (Wildman–Crippen LogP) is 5.32. The Balaban J connectivity index is 1.44. The van der Waals surface area contributed by atoms with Crippen molar-refractivity contribution in [2.75, 3.05) is 20.3 Å². The van der Waals surface area contributed by atoms with Crippen LogP contribution >= 0.6 is 0 Å². The maximum atomic E-state index is 11.4. The Hall–Kier alpha value is -2.83. The fourth-order valence-electron chi connectivity index (χ4n) is 5.06. The quantitative estimate of drug-likeness (QED) is 0.488. The van der Waals surface area contributed by atoms with Gasteiger partial charge in [-0.15, -0.1) is 0 Å². The highest BCUT2D eigenvalue weighted by atomic mass is 16.5. The highest BCUT2D eigenvalue weighted by Crippen LogP contribution is 2.38. The van der Waals surface area contributed by atoms with Crippen molar-refractivity contribution >= 4 is 16.9 Å². The van der Waals surface area contributed by atoms with Crippen LogP contribution in [0.1, 0.15) is 58.8 Å². The van der Waals surface area contributed by atoms with Gasteiger partial charge in [-0.1, -0.05) is 12.1 Å². The molecule has 2 aliphatic rings. The highest BCUT2D eigenvalue weighted by Gasteiger charge is 2.32. The summed E-state index contributed by atoms with van der Waals surface area (Å²) in [7, 11) is 1.73. The van der Waals surface area contributed by atoms with E-state index in [1.165, 1.54) is 29.4 Å². The number of aromatic carboxylic acids is 1. The van der Waals surface area contributed by atoms with Gasteiger partial charge in [-0.2, -0.15) is 0 Å². The number of nitrogens with one attached hydrogen (secondary N) is 1. The molecule has 2 aromatic carbocycles. The van der Waals surface area contributed by atoms with Crippen LogP contribution in [0.15, 0.2) is 42.6 Å². The maximum Gasteiger partial charge on any atom is 0.335 e. The molecule has 0 radical (unpaired) electrons. The molecule has 5 rings (SSSR count). The average Bonchev–Trinajstić information content (AvgIpc) is 3.53. The van der Waals surface area contributed by atoms with Crippen LogP contribution in [-0.2, 0) is 11.3 Å². The van der Waals surface area contributed by atoms with E-state index < -0.39 is 5.97 Å². The number of H-pyrrole nitrogens is 1. The SMILES string of the molecule is COc1cc(C)c2[nH]ccc2c1CN1CCC(OCC2CC2)C[C@H]1c1ccc(C(=O)O)cc1. The van der Waals surface area contributed by atoms with Crippen molar-refractivity contribution in [3.63, 3.8) is 0 Å². The molecule has 2 N–H and O–H groups in total. The average molecular weight is 449 g/mol. The molecule has 1 saturated heterocycles. The molecule has 0 spiro atoms. The number of aromatic amines is 1. The van der Waals surface area contributed by atoms with Gasteiger partial charge in [0, 0.05) is 48.4 Å². The molecule has 2 fully saturated rings. The first-order valence-corrected chi connectivity index (χ1v) is 11.9. The van der Waals surface area contributed by atoms with E-state index in [9.17, 15) is 9.90 Å². The number of ether oxygens (including phenoxy) is 2. The van der Waals surface area contributed by atoms with E-state index in [2.05, 4.69) is 28.9 Å². The number of benzene rings is 2. The second-order valence-electron chi connectivity index (χ2n) is 9.48. The van der Waals surface area contributed by atoms with E-state index in [1.54, 1.807) is 19.2 Å². The Morgan fingerprint density at radius 3 is 2.67 bits per heavy atom. The molecule has 174 valence electrons. The first-order valence-electron chi connectivity index (χ1n) is 11.9. The molecule has 1 aliphatic heterocycles. The number of hydrogen-bond donors (Lipinski definition) is 2. The minimum Gasteiger partial charge on any atom is -0.496 e. The Kier molecular flexibility index (Phi) is 6.13. The third kappa shape index (κ3) is 4.63. The number of methoxy groups -OCH3 is 1. The number of aryl methyl sites for hydroxylation is 1. The lowest BCUT2D eigenvalue weighted by Gasteiger charge is -2.40. The molecule has 1 aromatic heterocycles. The lowest BCUT2D eigenvalue weighted by molar-refractivity contribution is -0.0229. The summed E-state index contributed by atoms with van der Waals surface area (Å²) in [6.45, 7) is 4.65. The number of aromatic nitrogens is 1. The van der Waals surface area contributed by atoms with Gasteiger partial charge in [0.2, 0.25) is 0 Å². The maximum absolute atomic E-state index is 11.4. The third-order valence-electron chi connectivity index (χ3n) is 7.16. The molecule has 0 bridgehead atoms. The summed E-state index contributed by atoms with van der Waals surface area (Å²) >= 11 is 0. The van der Waals surface area contributed by atoms with Crippen LogP contribution in [-0.4, -0.2) is 47.3 Å². The van der Waals surface area contributed by atoms with Crippen molar-refractivity contribution in [1.29, 1.82) is 0 Å². The molecular weight excluding hydrogens is 416 g/mol. The standard InChI is InChI=1S/C27H32N2O4/c1-17-13-25(32-2)23(22-9-11-28-26(17)22)15-29-12-10-21(33-16-18-3-4-18)14-24(29)19-5-7-20(8-6-19)27(30)31/h5-9,11,13,18,21,24,28H,3-4,10,12,14-16H2,1-2H3,(H,30,31)/t21?,24-/m0/s1. The number of nitrogens with zero attached hydrogens (tertiary/aromatic N) is 1. The molecule has 2 heterocycles. The zero-order valence-electron chi connectivity index (χ0n) is 19.3. The van der Waals surface area contributed by atoms with Gasteiger partial charge < -0.3 is 19.6 Å². The van der Waals surface area contributed by atoms with E-state index in [4.69, 9.17) is 9.47 Å². The van der Waals surface area contributed by atoms with Crippen molar-refractivity contribution in [3.05, 3.63) is 64.8 Å². The van der Waals surface area contributed by atoms with Gasteiger partial charge in [0.25, 0.3) is 0 Å². The number of fused-ring (bicyclic) bond motifs is 1.